The Kier molecular flexibility index (Phi) is 4.83. The number of ether oxygens (including phenoxy) is 1. The first-order chi connectivity index (χ1) is 8.35. The molecule has 0 radical (unpaired) electrons. The largest absolute Gasteiger partial charge is 0.460 e. The standard InChI is InChI=1S/C10H17N3O4S/c1-4-17-10(14)9-12-11-8(2)13(9)6-5-7-18(3,15)16/h4-7H2,1-3H3. The molecular formula is C10H17N3O4S. The quantitative estimate of drug-likeness (QED) is 0.689. The molecule has 0 saturated carbocycles. The maximum atomic E-state index is 11.6. The van der Waals surface area contributed by atoms with Crippen LogP contribution in [0.5, 0.6) is 0 Å². The highest BCUT2D eigenvalue weighted by molar-refractivity contribution is 7.90. The molecule has 102 valence electrons. The Morgan fingerprint density at radius 2 is 2.06 bits per heavy atom. The van der Waals surface area contributed by atoms with Gasteiger partial charge in [-0.05, 0) is 20.3 Å². The SMILES string of the molecule is CCOC(=O)c1nnc(C)n1CCCS(C)(=O)=O. The van der Waals surface area contributed by atoms with E-state index in [1.165, 1.54) is 6.26 Å². The van der Waals surface area contributed by atoms with Crippen LogP contribution in [0.1, 0.15) is 29.8 Å². The van der Waals surface area contributed by atoms with Crippen molar-refractivity contribution in [2.45, 2.75) is 26.8 Å². The van der Waals surface area contributed by atoms with E-state index in [4.69, 9.17) is 4.74 Å². The van der Waals surface area contributed by atoms with Crippen molar-refractivity contribution in [3.05, 3.63) is 11.6 Å². The minimum atomic E-state index is -3.00. The monoisotopic (exact) mass is 275 g/mol. The molecule has 7 nitrogen and oxygen atoms in total. The van der Waals surface area contributed by atoms with E-state index in [1.54, 1.807) is 18.4 Å². The van der Waals surface area contributed by atoms with Gasteiger partial charge in [0.2, 0.25) is 5.82 Å². The number of rotatable bonds is 6. The zero-order valence-electron chi connectivity index (χ0n) is 10.7. The summed E-state index contributed by atoms with van der Waals surface area (Å²) in [5, 5.41) is 7.54. The van der Waals surface area contributed by atoms with Crippen molar-refractivity contribution in [2.24, 2.45) is 0 Å². The van der Waals surface area contributed by atoms with E-state index in [0.29, 0.717) is 18.8 Å². The minimum Gasteiger partial charge on any atom is -0.460 e. The predicted molar refractivity (Wildman–Crippen MR) is 65.0 cm³/mol. The summed E-state index contributed by atoms with van der Waals surface area (Å²) >= 11 is 0. The summed E-state index contributed by atoms with van der Waals surface area (Å²) in [6.45, 7) is 4.04. The Hall–Kier alpha value is -1.44. The lowest BCUT2D eigenvalue weighted by Crippen LogP contribution is -2.16. The minimum absolute atomic E-state index is 0.0624. The summed E-state index contributed by atoms with van der Waals surface area (Å²) in [6, 6.07) is 0. The molecule has 1 heterocycles. The Labute approximate surface area is 106 Å². The Morgan fingerprint density at radius 1 is 1.39 bits per heavy atom. The van der Waals surface area contributed by atoms with Gasteiger partial charge in [0.25, 0.3) is 0 Å². The van der Waals surface area contributed by atoms with Gasteiger partial charge in [-0.25, -0.2) is 13.2 Å². The summed E-state index contributed by atoms with van der Waals surface area (Å²) < 4.78 is 28.5. The van der Waals surface area contributed by atoms with Crippen molar-refractivity contribution in [1.29, 1.82) is 0 Å². The zero-order chi connectivity index (χ0) is 13.8. The highest BCUT2D eigenvalue weighted by Gasteiger charge is 2.17. The number of sulfone groups is 1. The maximum absolute atomic E-state index is 11.6. The second-order valence-electron chi connectivity index (χ2n) is 3.93. The van der Waals surface area contributed by atoms with Crippen LogP contribution in [0.4, 0.5) is 0 Å². The highest BCUT2D eigenvalue weighted by atomic mass is 32.2. The lowest BCUT2D eigenvalue weighted by molar-refractivity contribution is 0.0505. The third kappa shape index (κ3) is 4.10. The van der Waals surface area contributed by atoms with E-state index >= 15 is 0 Å². The summed E-state index contributed by atoms with van der Waals surface area (Å²) in [7, 11) is -3.00. The molecule has 0 spiro atoms. The van der Waals surface area contributed by atoms with Gasteiger partial charge in [-0.1, -0.05) is 0 Å². The third-order valence-corrected chi connectivity index (χ3v) is 3.32. The first-order valence-corrected chi connectivity index (χ1v) is 7.66. The molecule has 8 heteroatoms. The molecule has 0 atom stereocenters. The average molecular weight is 275 g/mol. The Bertz CT molecular complexity index is 521. The van der Waals surface area contributed by atoms with E-state index in [2.05, 4.69) is 10.2 Å². The normalized spacial score (nSPS) is 11.5. The van der Waals surface area contributed by atoms with Crippen LogP contribution in [0.15, 0.2) is 0 Å². The topological polar surface area (TPSA) is 91.2 Å². The molecule has 18 heavy (non-hydrogen) atoms. The van der Waals surface area contributed by atoms with Gasteiger partial charge in [-0.3, -0.25) is 0 Å². The summed E-state index contributed by atoms with van der Waals surface area (Å²) in [4.78, 5) is 11.6. The molecule has 0 bridgehead atoms. The van der Waals surface area contributed by atoms with Gasteiger partial charge in [-0.15, -0.1) is 10.2 Å². The fourth-order valence-corrected chi connectivity index (χ4v) is 2.13. The summed E-state index contributed by atoms with van der Waals surface area (Å²) in [5.41, 5.74) is 0. The second kappa shape index (κ2) is 5.94. The number of aromatic nitrogens is 3. The van der Waals surface area contributed by atoms with Gasteiger partial charge in [0.1, 0.15) is 15.7 Å². The van der Waals surface area contributed by atoms with Crippen LogP contribution in [0.2, 0.25) is 0 Å². The van der Waals surface area contributed by atoms with Crippen molar-refractivity contribution in [3.63, 3.8) is 0 Å². The summed E-state index contributed by atoms with van der Waals surface area (Å²) in [5.74, 6) is 0.194. The molecule has 1 aromatic rings. The van der Waals surface area contributed by atoms with E-state index in [1.807, 2.05) is 0 Å². The van der Waals surface area contributed by atoms with Crippen molar-refractivity contribution in [2.75, 3.05) is 18.6 Å². The lowest BCUT2D eigenvalue weighted by Gasteiger charge is -2.07. The molecule has 0 aliphatic heterocycles. The van der Waals surface area contributed by atoms with Gasteiger partial charge in [0.15, 0.2) is 0 Å². The molecule has 0 N–H and O–H groups in total. The number of hydrogen-bond acceptors (Lipinski definition) is 6. The number of esters is 1. The molecule has 1 rings (SSSR count). The Balaban J connectivity index is 2.75. The molecule has 0 fully saturated rings. The predicted octanol–water partition coefficient (Wildman–Crippen LogP) is 0.198. The second-order valence-corrected chi connectivity index (χ2v) is 6.19. The van der Waals surface area contributed by atoms with Crippen LogP contribution in [0.3, 0.4) is 0 Å². The zero-order valence-corrected chi connectivity index (χ0v) is 11.5. The smallest absolute Gasteiger partial charge is 0.376 e. The van der Waals surface area contributed by atoms with Gasteiger partial charge in [-0.2, -0.15) is 0 Å². The number of nitrogens with zero attached hydrogens (tertiary/aromatic N) is 3. The van der Waals surface area contributed by atoms with Crippen molar-refractivity contribution in [1.82, 2.24) is 14.8 Å². The maximum Gasteiger partial charge on any atom is 0.376 e. The van der Waals surface area contributed by atoms with Crippen LogP contribution in [0, 0.1) is 6.92 Å². The molecular weight excluding hydrogens is 258 g/mol. The average Bonchev–Trinajstić information content (AvgIpc) is 2.59. The molecule has 0 aliphatic carbocycles. The highest BCUT2D eigenvalue weighted by Crippen LogP contribution is 2.05. The Morgan fingerprint density at radius 3 is 2.61 bits per heavy atom. The van der Waals surface area contributed by atoms with E-state index in [-0.39, 0.29) is 18.2 Å². The van der Waals surface area contributed by atoms with Crippen LogP contribution in [-0.2, 0) is 21.1 Å². The van der Waals surface area contributed by atoms with Crippen LogP contribution >= 0.6 is 0 Å². The third-order valence-electron chi connectivity index (χ3n) is 2.29. The number of hydrogen-bond donors (Lipinski definition) is 0. The van der Waals surface area contributed by atoms with Crippen molar-refractivity contribution < 1.29 is 17.9 Å². The molecule has 0 saturated heterocycles. The molecule has 0 unspecified atom stereocenters. The van der Waals surface area contributed by atoms with E-state index < -0.39 is 15.8 Å². The van der Waals surface area contributed by atoms with Gasteiger partial charge < -0.3 is 9.30 Å². The van der Waals surface area contributed by atoms with Crippen LogP contribution in [0.25, 0.3) is 0 Å². The number of aryl methyl sites for hydroxylation is 1. The van der Waals surface area contributed by atoms with Crippen LogP contribution in [-0.4, -0.2) is 47.8 Å². The van der Waals surface area contributed by atoms with Gasteiger partial charge in [0, 0.05) is 12.8 Å². The molecule has 0 aromatic carbocycles. The van der Waals surface area contributed by atoms with Crippen LogP contribution < -0.4 is 0 Å². The summed E-state index contributed by atoms with van der Waals surface area (Å²) in [6.07, 6.45) is 1.59. The first kappa shape index (κ1) is 14.6. The van der Waals surface area contributed by atoms with E-state index in [9.17, 15) is 13.2 Å². The van der Waals surface area contributed by atoms with Gasteiger partial charge in [0.05, 0.1) is 12.4 Å². The van der Waals surface area contributed by atoms with Crippen molar-refractivity contribution >= 4 is 15.8 Å². The first-order valence-electron chi connectivity index (χ1n) is 5.59. The lowest BCUT2D eigenvalue weighted by atomic mass is 10.4. The number of carbonyl (C=O) groups excluding carboxylic acids is 1. The van der Waals surface area contributed by atoms with E-state index in [0.717, 1.165) is 0 Å². The van der Waals surface area contributed by atoms with Crippen molar-refractivity contribution in [3.8, 4) is 0 Å². The number of carbonyl (C=O) groups is 1. The molecule has 0 amide bonds. The molecule has 1 aromatic heterocycles. The molecule has 0 aliphatic rings. The van der Waals surface area contributed by atoms with Gasteiger partial charge >= 0.3 is 5.97 Å². The fraction of sp³-hybridized carbons (Fsp3) is 0.700. The fourth-order valence-electron chi connectivity index (χ4n) is 1.48.